The van der Waals surface area contributed by atoms with Crippen molar-refractivity contribution in [2.45, 2.75) is 0 Å². The first-order valence-corrected chi connectivity index (χ1v) is 4.37. The van der Waals surface area contributed by atoms with Crippen molar-refractivity contribution in [3.63, 3.8) is 0 Å². The molecular weight excluding hydrogens is 258 g/mol. The number of benzene rings is 1. The molecule has 0 fully saturated rings. The molecule has 0 aliphatic carbocycles. The molecule has 0 amide bonds. The van der Waals surface area contributed by atoms with E-state index in [-0.39, 0.29) is 10.3 Å². The first-order valence-electron chi connectivity index (χ1n) is 3.57. The summed E-state index contributed by atoms with van der Waals surface area (Å²) in [5.74, 6) is -1.69. The van der Waals surface area contributed by atoms with E-state index in [1.54, 1.807) is 0 Å². The van der Waals surface area contributed by atoms with Gasteiger partial charge in [-0.3, -0.25) is 0 Å². The van der Waals surface area contributed by atoms with Crippen LogP contribution in [-0.2, 0) is 0 Å². The molecule has 0 aliphatic rings. The third kappa shape index (κ3) is 1.39. The van der Waals surface area contributed by atoms with Crippen molar-refractivity contribution in [3.8, 4) is 11.4 Å². The SMILES string of the molecule is Fc1ccc(-c2nn[nH]n2)c(Br)c1F. The van der Waals surface area contributed by atoms with Gasteiger partial charge in [0.2, 0.25) is 5.82 Å². The molecule has 0 spiro atoms. The van der Waals surface area contributed by atoms with E-state index in [0.29, 0.717) is 5.56 Å². The van der Waals surface area contributed by atoms with E-state index in [1.807, 2.05) is 0 Å². The van der Waals surface area contributed by atoms with Crippen LogP contribution >= 0.6 is 15.9 Å². The van der Waals surface area contributed by atoms with Crippen LogP contribution in [0.1, 0.15) is 0 Å². The normalized spacial score (nSPS) is 10.5. The summed E-state index contributed by atoms with van der Waals surface area (Å²) < 4.78 is 25.8. The number of H-pyrrole nitrogens is 1. The van der Waals surface area contributed by atoms with E-state index in [2.05, 4.69) is 36.6 Å². The number of rotatable bonds is 1. The molecule has 1 aromatic heterocycles. The van der Waals surface area contributed by atoms with Crippen molar-refractivity contribution in [1.29, 1.82) is 0 Å². The maximum Gasteiger partial charge on any atom is 0.205 e. The van der Waals surface area contributed by atoms with Crippen LogP contribution in [0.3, 0.4) is 0 Å². The zero-order valence-electron chi connectivity index (χ0n) is 6.63. The van der Waals surface area contributed by atoms with Crippen LogP contribution in [0, 0.1) is 11.6 Å². The molecule has 2 rings (SSSR count). The van der Waals surface area contributed by atoms with Crippen molar-refractivity contribution in [3.05, 3.63) is 28.2 Å². The second kappa shape index (κ2) is 3.41. The lowest BCUT2D eigenvalue weighted by Crippen LogP contribution is -1.90. The highest BCUT2D eigenvalue weighted by Crippen LogP contribution is 2.28. The third-order valence-electron chi connectivity index (χ3n) is 1.62. The summed E-state index contributed by atoms with van der Waals surface area (Å²) in [6.07, 6.45) is 0. The van der Waals surface area contributed by atoms with Gasteiger partial charge in [0, 0.05) is 5.56 Å². The molecule has 1 aromatic carbocycles. The smallest absolute Gasteiger partial charge is 0.204 e. The minimum absolute atomic E-state index is 0.0149. The van der Waals surface area contributed by atoms with Crippen molar-refractivity contribution >= 4 is 15.9 Å². The topological polar surface area (TPSA) is 54.5 Å². The fourth-order valence-electron chi connectivity index (χ4n) is 0.974. The van der Waals surface area contributed by atoms with Gasteiger partial charge in [-0.2, -0.15) is 5.21 Å². The minimum atomic E-state index is -0.965. The molecule has 0 saturated carbocycles. The van der Waals surface area contributed by atoms with Crippen LogP contribution in [0.4, 0.5) is 8.78 Å². The maximum absolute atomic E-state index is 13.1. The molecular formula is C7H3BrF2N4. The molecule has 0 unspecified atom stereocenters. The number of halogens is 3. The predicted octanol–water partition coefficient (Wildman–Crippen LogP) is 1.91. The molecule has 2 aromatic rings. The average molecular weight is 261 g/mol. The zero-order chi connectivity index (χ0) is 10.1. The summed E-state index contributed by atoms with van der Waals surface area (Å²) >= 11 is 2.92. The second-order valence-electron chi connectivity index (χ2n) is 2.46. The van der Waals surface area contributed by atoms with Crippen LogP contribution in [-0.4, -0.2) is 20.6 Å². The second-order valence-corrected chi connectivity index (χ2v) is 3.25. The van der Waals surface area contributed by atoms with E-state index in [4.69, 9.17) is 0 Å². The minimum Gasteiger partial charge on any atom is -0.204 e. The van der Waals surface area contributed by atoms with Crippen LogP contribution in [0.15, 0.2) is 16.6 Å². The zero-order valence-corrected chi connectivity index (χ0v) is 8.22. The summed E-state index contributed by atoms with van der Waals surface area (Å²) in [4.78, 5) is 0. The molecule has 7 heteroatoms. The van der Waals surface area contributed by atoms with Gasteiger partial charge in [0.1, 0.15) is 0 Å². The van der Waals surface area contributed by atoms with E-state index < -0.39 is 11.6 Å². The van der Waals surface area contributed by atoms with Gasteiger partial charge in [-0.05, 0) is 33.3 Å². The Hall–Kier alpha value is -1.37. The molecule has 0 aliphatic heterocycles. The van der Waals surface area contributed by atoms with Gasteiger partial charge in [-0.15, -0.1) is 10.2 Å². The third-order valence-corrected chi connectivity index (χ3v) is 2.40. The summed E-state index contributed by atoms with van der Waals surface area (Å²) in [7, 11) is 0. The van der Waals surface area contributed by atoms with Crippen molar-refractivity contribution in [1.82, 2.24) is 20.6 Å². The van der Waals surface area contributed by atoms with Gasteiger partial charge in [0.05, 0.1) is 4.47 Å². The number of hydrogen-bond donors (Lipinski definition) is 1. The van der Waals surface area contributed by atoms with Crippen molar-refractivity contribution in [2.24, 2.45) is 0 Å². The monoisotopic (exact) mass is 260 g/mol. The summed E-state index contributed by atoms with van der Waals surface area (Å²) in [5, 5.41) is 12.8. The average Bonchev–Trinajstić information content (AvgIpc) is 2.67. The number of hydrogen-bond acceptors (Lipinski definition) is 3. The Balaban J connectivity index is 2.61. The van der Waals surface area contributed by atoms with Crippen LogP contribution < -0.4 is 0 Å². The van der Waals surface area contributed by atoms with Crippen molar-refractivity contribution < 1.29 is 8.78 Å². The van der Waals surface area contributed by atoms with Gasteiger partial charge in [0.15, 0.2) is 11.6 Å². The molecule has 1 N–H and O–H groups in total. The Bertz CT molecular complexity index is 457. The highest BCUT2D eigenvalue weighted by atomic mass is 79.9. The number of aromatic nitrogens is 4. The highest BCUT2D eigenvalue weighted by molar-refractivity contribution is 9.10. The van der Waals surface area contributed by atoms with Gasteiger partial charge >= 0.3 is 0 Å². The largest absolute Gasteiger partial charge is 0.205 e. The molecule has 0 atom stereocenters. The summed E-state index contributed by atoms with van der Waals surface area (Å²) in [6, 6.07) is 2.37. The van der Waals surface area contributed by atoms with Gasteiger partial charge in [-0.25, -0.2) is 8.78 Å². The Morgan fingerprint density at radius 1 is 1.29 bits per heavy atom. The van der Waals surface area contributed by atoms with Crippen LogP contribution in [0.25, 0.3) is 11.4 Å². The number of tetrazole rings is 1. The van der Waals surface area contributed by atoms with Gasteiger partial charge < -0.3 is 0 Å². The fourth-order valence-corrected chi connectivity index (χ4v) is 1.47. The Kier molecular flexibility index (Phi) is 2.24. The fraction of sp³-hybridized carbons (Fsp3) is 0. The maximum atomic E-state index is 13.1. The van der Waals surface area contributed by atoms with Crippen molar-refractivity contribution in [2.75, 3.05) is 0 Å². The molecule has 0 radical (unpaired) electrons. The number of nitrogens with one attached hydrogen (secondary N) is 1. The summed E-state index contributed by atoms with van der Waals surface area (Å²) in [6.45, 7) is 0. The predicted molar refractivity (Wildman–Crippen MR) is 47.2 cm³/mol. The summed E-state index contributed by atoms with van der Waals surface area (Å²) in [5.41, 5.74) is 0.345. The number of nitrogens with zero attached hydrogens (tertiary/aromatic N) is 3. The first kappa shape index (κ1) is 9.20. The van der Waals surface area contributed by atoms with E-state index >= 15 is 0 Å². The van der Waals surface area contributed by atoms with Crippen LogP contribution in [0.2, 0.25) is 0 Å². The van der Waals surface area contributed by atoms with Gasteiger partial charge in [0.25, 0.3) is 0 Å². The molecule has 1 heterocycles. The van der Waals surface area contributed by atoms with E-state index in [0.717, 1.165) is 6.07 Å². The first-order chi connectivity index (χ1) is 6.70. The molecule has 4 nitrogen and oxygen atoms in total. The van der Waals surface area contributed by atoms with E-state index in [1.165, 1.54) is 6.07 Å². The number of aromatic amines is 1. The Labute approximate surface area is 85.5 Å². The lowest BCUT2D eigenvalue weighted by molar-refractivity contribution is 0.504. The Morgan fingerprint density at radius 2 is 2.07 bits per heavy atom. The molecule has 0 saturated heterocycles. The van der Waals surface area contributed by atoms with E-state index in [9.17, 15) is 8.78 Å². The van der Waals surface area contributed by atoms with Gasteiger partial charge in [-0.1, -0.05) is 0 Å². The van der Waals surface area contributed by atoms with Crippen LogP contribution in [0.5, 0.6) is 0 Å². The quantitative estimate of drug-likeness (QED) is 0.797. The lowest BCUT2D eigenvalue weighted by atomic mass is 10.2. The standard InChI is InChI=1S/C7H3BrF2N4/c8-5-3(7-11-13-14-12-7)1-2-4(9)6(5)10/h1-2H,(H,11,12,13,14). The lowest BCUT2D eigenvalue weighted by Gasteiger charge is -2.00. The Morgan fingerprint density at radius 3 is 2.71 bits per heavy atom. The molecule has 72 valence electrons. The highest BCUT2D eigenvalue weighted by Gasteiger charge is 2.14. The molecule has 14 heavy (non-hydrogen) atoms. The molecule has 0 bridgehead atoms.